The van der Waals surface area contributed by atoms with Crippen molar-refractivity contribution in [3.05, 3.63) is 6.92 Å². The van der Waals surface area contributed by atoms with Crippen LogP contribution in [0.15, 0.2) is 0 Å². The molecule has 0 saturated heterocycles. The molecule has 0 rings (SSSR count). The van der Waals surface area contributed by atoms with Crippen LogP contribution in [0.1, 0.15) is 20.8 Å². The summed E-state index contributed by atoms with van der Waals surface area (Å²) in [4.78, 5) is 1.44. The zero-order valence-electron chi connectivity index (χ0n) is 7.20. The van der Waals surface area contributed by atoms with E-state index in [1.807, 2.05) is 0 Å². The molecular formula is C7H18NO2. The molecule has 2 atom stereocenters. The fourth-order valence-electron chi connectivity index (χ4n) is 0.312. The Balaban J connectivity index is 0. The lowest BCUT2D eigenvalue weighted by molar-refractivity contribution is -0.0665. The highest BCUT2D eigenvalue weighted by Gasteiger charge is 2.08. The maximum atomic E-state index is 8.76. The molecule has 0 aliphatic heterocycles. The molecule has 0 aromatic carbocycles. The van der Waals surface area contributed by atoms with Gasteiger partial charge in [-0.05, 0) is 20.9 Å². The normalized spacial score (nSPS) is 15.6. The summed E-state index contributed by atoms with van der Waals surface area (Å²) in [7, 11) is 1.65. The molecule has 0 saturated carbocycles. The predicted octanol–water partition coefficient (Wildman–Crippen LogP) is 0.435. The van der Waals surface area contributed by atoms with Crippen LogP contribution in [-0.2, 0) is 0 Å². The minimum atomic E-state index is -0.574. The average molecular weight is 148 g/mol. The standard InChI is InChI=1S/C5H13NO2.C2H5/c1-4(7)6(3)5(2)8;1-2/h4-5,7-8H,1-3H3;1H2,2H3. The quantitative estimate of drug-likeness (QED) is 0.558. The van der Waals surface area contributed by atoms with Crippen LogP contribution in [-0.4, -0.2) is 34.6 Å². The van der Waals surface area contributed by atoms with Crippen molar-refractivity contribution in [2.75, 3.05) is 7.05 Å². The Bertz CT molecular complexity index is 56.6. The van der Waals surface area contributed by atoms with E-state index in [1.165, 1.54) is 4.90 Å². The van der Waals surface area contributed by atoms with E-state index in [4.69, 9.17) is 10.2 Å². The zero-order chi connectivity index (χ0) is 8.73. The number of rotatable bonds is 2. The summed E-state index contributed by atoms with van der Waals surface area (Å²) < 4.78 is 0. The fraction of sp³-hybridized carbons (Fsp3) is 0.857. The molecule has 2 N–H and O–H groups in total. The summed E-state index contributed by atoms with van der Waals surface area (Å²) in [6, 6.07) is 0. The van der Waals surface area contributed by atoms with Crippen LogP contribution in [0.3, 0.4) is 0 Å². The highest BCUT2D eigenvalue weighted by atomic mass is 16.3. The van der Waals surface area contributed by atoms with Gasteiger partial charge in [-0.15, -0.1) is 0 Å². The number of hydrogen-bond acceptors (Lipinski definition) is 3. The summed E-state index contributed by atoms with van der Waals surface area (Å²) in [6.07, 6.45) is -1.15. The van der Waals surface area contributed by atoms with E-state index in [-0.39, 0.29) is 0 Å². The zero-order valence-corrected chi connectivity index (χ0v) is 7.20. The van der Waals surface area contributed by atoms with Gasteiger partial charge in [0, 0.05) is 0 Å². The Morgan fingerprint density at radius 2 is 1.30 bits per heavy atom. The van der Waals surface area contributed by atoms with Gasteiger partial charge in [0.25, 0.3) is 0 Å². The SMILES string of the molecule is CC(O)N(C)C(C)O.[CH2]C. The number of hydrogen-bond donors (Lipinski definition) is 2. The van der Waals surface area contributed by atoms with E-state index < -0.39 is 12.5 Å². The average Bonchev–Trinajstić information content (AvgIpc) is 1.90. The first kappa shape index (κ1) is 12.5. The second kappa shape index (κ2) is 6.99. The molecule has 0 bridgehead atoms. The Kier molecular flexibility index (Phi) is 8.77. The monoisotopic (exact) mass is 148 g/mol. The van der Waals surface area contributed by atoms with E-state index in [0.29, 0.717) is 0 Å². The van der Waals surface area contributed by atoms with Crippen LogP contribution in [0.25, 0.3) is 0 Å². The minimum Gasteiger partial charge on any atom is -0.379 e. The highest BCUT2D eigenvalue weighted by molar-refractivity contribution is 4.48. The molecular weight excluding hydrogens is 130 g/mol. The third-order valence-electron chi connectivity index (χ3n) is 1.18. The number of aliphatic hydroxyl groups excluding tert-OH is 2. The molecule has 1 radical (unpaired) electrons. The molecule has 63 valence electrons. The van der Waals surface area contributed by atoms with E-state index in [9.17, 15) is 0 Å². The van der Waals surface area contributed by atoms with Gasteiger partial charge in [-0.2, -0.15) is 0 Å². The van der Waals surface area contributed by atoms with Crippen LogP contribution in [0.4, 0.5) is 0 Å². The van der Waals surface area contributed by atoms with Gasteiger partial charge in [0.05, 0.1) is 0 Å². The summed E-state index contributed by atoms with van der Waals surface area (Å²) in [5.41, 5.74) is 0. The Morgan fingerprint density at radius 3 is 1.30 bits per heavy atom. The van der Waals surface area contributed by atoms with Gasteiger partial charge in [0.2, 0.25) is 0 Å². The van der Waals surface area contributed by atoms with Crippen LogP contribution in [0.2, 0.25) is 0 Å². The predicted molar refractivity (Wildman–Crippen MR) is 42.2 cm³/mol. The van der Waals surface area contributed by atoms with E-state index in [0.717, 1.165) is 0 Å². The van der Waals surface area contributed by atoms with Crippen LogP contribution >= 0.6 is 0 Å². The molecule has 0 aromatic rings. The minimum absolute atomic E-state index is 0.574. The van der Waals surface area contributed by atoms with E-state index >= 15 is 0 Å². The van der Waals surface area contributed by atoms with Crippen molar-refractivity contribution < 1.29 is 10.2 Å². The molecule has 0 fully saturated rings. The van der Waals surface area contributed by atoms with Gasteiger partial charge in [-0.1, -0.05) is 13.8 Å². The Hall–Kier alpha value is -0.120. The summed E-state index contributed by atoms with van der Waals surface area (Å²) in [6.45, 7) is 8.21. The molecule has 0 aromatic heterocycles. The molecule has 3 nitrogen and oxygen atoms in total. The maximum absolute atomic E-state index is 8.76. The molecule has 0 aliphatic rings. The molecule has 2 unspecified atom stereocenters. The van der Waals surface area contributed by atoms with Gasteiger partial charge in [0.15, 0.2) is 0 Å². The lowest BCUT2D eigenvalue weighted by atomic mass is 10.5. The molecule has 0 heterocycles. The highest BCUT2D eigenvalue weighted by Crippen LogP contribution is 1.93. The van der Waals surface area contributed by atoms with Crippen LogP contribution < -0.4 is 0 Å². The molecule has 0 aliphatic carbocycles. The first-order valence-electron chi connectivity index (χ1n) is 3.34. The maximum Gasteiger partial charge on any atom is 0.106 e. The first-order valence-corrected chi connectivity index (χ1v) is 3.34. The van der Waals surface area contributed by atoms with Crippen molar-refractivity contribution in [1.29, 1.82) is 0 Å². The first-order chi connectivity index (χ1) is 4.55. The van der Waals surface area contributed by atoms with Crippen LogP contribution in [0.5, 0.6) is 0 Å². The van der Waals surface area contributed by atoms with Gasteiger partial charge in [-0.25, -0.2) is 0 Å². The van der Waals surface area contributed by atoms with Crippen LogP contribution in [0, 0.1) is 6.92 Å². The van der Waals surface area contributed by atoms with Crippen molar-refractivity contribution >= 4 is 0 Å². The second-order valence-corrected chi connectivity index (χ2v) is 1.93. The van der Waals surface area contributed by atoms with Gasteiger partial charge < -0.3 is 10.2 Å². The third kappa shape index (κ3) is 6.01. The number of nitrogens with zero attached hydrogens (tertiary/aromatic N) is 1. The Morgan fingerprint density at radius 1 is 1.10 bits per heavy atom. The second-order valence-electron chi connectivity index (χ2n) is 1.93. The van der Waals surface area contributed by atoms with E-state index in [2.05, 4.69) is 6.92 Å². The van der Waals surface area contributed by atoms with Crippen molar-refractivity contribution in [2.45, 2.75) is 33.2 Å². The molecule has 0 amide bonds. The lowest BCUT2D eigenvalue weighted by Gasteiger charge is -2.22. The fourth-order valence-corrected chi connectivity index (χ4v) is 0.312. The molecule has 3 heteroatoms. The van der Waals surface area contributed by atoms with Crippen molar-refractivity contribution in [3.63, 3.8) is 0 Å². The van der Waals surface area contributed by atoms with Crippen molar-refractivity contribution in [3.8, 4) is 0 Å². The van der Waals surface area contributed by atoms with Gasteiger partial charge >= 0.3 is 0 Å². The van der Waals surface area contributed by atoms with Gasteiger partial charge in [0.1, 0.15) is 12.5 Å². The van der Waals surface area contributed by atoms with E-state index in [1.54, 1.807) is 27.8 Å². The molecule has 10 heavy (non-hydrogen) atoms. The van der Waals surface area contributed by atoms with Crippen molar-refractivity contribution in [2.24, 2.45) is 0 Å². The van der Waals surface area contributed by atoms with Gasteiger partial charge in [-0.3, -0.25) is 4.90 Å². The smallest absolute Gasteiger partial charge is 0.106 e. The number of aliphatic hydroxyl groups is 2. The summed E-state index contributed by atoms with van der Waals surface area (Å²) in [5.74, 6) is 0. The summed E-state index contributed by atoms with van der Waals surface area (Å²) >= 11 is 0. The largest absolute Gasteiger partial charge is 0.379 e. The van der Waals surface area contributed by atoms with Crippen molar-refractivity contribution in [1.82, 2.24) is 4.90 Å². The molecule has 0 spiro atoms. The Labute approximate surface area is 63.3 Å². The lowest BCUT2D eigenvalue weighted by Crippen LogP contribution is -2.36. The third-order valence-corrected chi connectivity index (χ3v) is 1.18. The summed E-state index contributed by atoms with van der Waals surface area (Å²) in [5, 5.41) is 17.5. The topological polar surface area (TPSA) is 43.7 Å².